The van der Waals surface area contributed by atoms with Gasteiger partial charge in [-0.15, -0.1) is 0 Å². The van der Waals surface area contributed by atoms with E-state index in [1.54, 1.807) is 7.11 Å². The molecule has 0 unspecified atom stereocenters. The number of ether oxygens (including phenoxy) is 2. The maximum Gasteiger partial charge on any atom is 0.137 e. The van der Waals surface area contributed by atoms with E-state index in [4.69, 9.17) is 9.47 Å². The third-order valence-corrected chi connectivity index (χ3v) is 4.72. The van der Waals surface area contributed by atoms with Gasteiger partial charge in [-0.2, -0.15) is 0 Å². The molecule has 2 heterocycles. The molecule has 0 aliphatic carbocycles. The lowest BCUT2D eigenvalue weighted by atomic mass is 9.94. The van der Waals surface area contributed by atoms with Crippen molar-refractivity contribution in [2.45, 2.75) is 32.3 Å². The number of aromatic amines is 1. The first-order valence-corrected chi connectivity index (χ1v) is 8.12. The van der Waals surface area contributed by atoms with Crippen LogP contribution in [0.4, 0.5) is 5.69 Å². The molecule has 1 aliphatic rings. The van der Waals surface area contributed by atoms with Gasteiger partial charge in [-0.3, -0.25) is 0 Å². The SMILES string of the molecule is COC1(CNc2cccc(-c3nc(C)c(C)[nH]3)c2)CCOCC1. The van der Waals surface area contributed by atoms with Gasteiger partial charge in [0.1, 0.15) is 5.82 Å². The Hall–Kier alpha value is -1.85. The molecule has 5 nitrogen and oxygen atoms in total. The molecule has 124 valence electrons. The first-order chi connectivity index (χ1) is 11.1. The second-order valence-electron chi connectivity index (χ2n) is 6.23. The van der Waals surface area contributed by atoms with Crippen molar-refractivity contribution in [3.8, 4) is 11.4 Å². The van der Waals surface area contributed by atoms with Crippen LogP contribution in [0, 0.1) is 13.8 Å². The van der Waals surface area contributed by atoms with Gasteiger partial charge in [0.2, 0.25) is 0 Å². The van der Waals surface area contributed by atoms with Crippen LogP contribution in [0.2, 0.25) is 0 Å². The number of rotatable bonds is 5. The summed E-state index contributed by atoms with van der Waals surface area (Å²) in [5.74, 6) is 0.913. The largest absolute Gasteiger partial charge is 0.382 e. The molecule has 0 saturated carbocycles. The molecule has 2 N–H and O–H groups in total. The molecule has 3 rings (SSSR count). The summed E-state index contributed by atoms with van der Waals surface area (Å²) in [6.07, 6.45) is 1.85. The summed E-state index contributed by atoms with van der Waals surface area (Å²) in [7, 11) is 1.79. The third-order valence-electron chi connectivity index (χ3n) is 4.72. The van der Waals surface area contributed by atoms with Gasteiger partial charge in [-0.05, 0) is 26.0 Å². The van der Waals surface area contributed by atoms with Crippen molar-refractivity contribution in [1.29, 1.82) is 0 Å². The molecule has 0 spiro atoms. The number of H-pyrrole nitrogens is 1. The van der Waals surface area contributed by atoms with Crippen LogP contribution in [-0.2, 0) is 9.47 Å². The molecule has 0 bridgehead atoms. The van der Waals surface area contributed by atoms with E-state index in [0.29, 0.717) is 0 Å². The topological polar surface area (TPSA) is 59.2 Å². The molecule has 1 aliphatic heterocycles. The summed E-state index contributed by atoms with van der Waals surface area (Å²) in [6.45, 7) is 6.37. The summed E-state index contributed by atoms with van der Waals surface area (Å²) in [5.41, 5.74) is 4.19. The molecule has 1 aromatic carbocycles. The summed E-state index contributed by atoms with van der Waals surface area (Å²) in [6, 6.07) is 8.33. The van der Waals surface area contributed by atoms with Crippen LogP contribution in [0.1, 0.15) is 24.2 Å². The van der Waals surface area contributed by atoms with Crippen molar-refractivity contribution in [2.24, 2.45) is 0 Å². The highest BCUT2D eigenvalue weighted by atomic mass is 16.5. The smallest absolute Gasteiger partial charge is 0.137 e. The number of nitrogens with one attached hydrogen (secondary N) is 2. The highest BCUT2D eigenvalue weighted by Gasteiger charge is 2.32. The van der Waals surface area contributed by atoms with Crippen molar-refractivity contribution < 1.29 is 9.47 Å². The molecule has 0 atom stereocenters. The van der Waals surface area contributed by atoms with Gasteiger partial charge < -0.3 is 19.8 Å². The highest BCUT2D eigenvalue weighted by Crippen LogP contribution is 2.26. The Bertz CT molecular complexity index is 641. The lowest BCUT2D eigenvalue weighted by Gasteiger charge is -2.36. The zero-order chi connectivity index (χ0) is 16.3. The molecule has 23 heavy (non-hydrogen) atoms. The summed E-state index contributed by atoms with van der Waals surface area (Å²) in [5, 5.41) is 3.52. The van der Waals surface area contributed by atoms with Gasteiger partial charge in [0.25, 0.3) is 0 Å². The van der Waals surface area contributed by atoms with Crippen LogP contribution >= 0.6 is 0 Å². The molecule has 1 fully saturated rings. The lowest BCUT2D eigenvalue weighted by molar-refractivity contribution is -0.0807. The highest BCUT2D eigenvalue weighted by molar-refractivity contribution is 5.63. The molecule has 0 radical (unpaired) electrons. The zero-order valence-electron chi connectivity index (χ0n) is 14.1. The average molecular weight is 315 g/mol. The summed E-state index contributed by atoms with van der Waals surface area (Å²) in [4.78, 5) is 7.91. The molecule has 5 heteroatoms. The molecule has 0 amide bonds. The Morgan fingerprint density at radius 1 is 1.30 bits per heavy atom. The number of hydrogen-bond acceptors (Lipinski definition) is 4. The second kappa shape index (κ2) is 6.72. The van der Waals surface area contributed by atoms with Crippen LogP contribution in [0.3, 0.4) is 0 Å². The summed E-state index contributed by atoms with van der Waals surface area (Å²) >= 11 is 0. The van der Waals surface area contributed by atoms with E-state index in [2.05, 4.69) is 33.5 Å². The zero-order valence-corrected chi connectivity index (χ0v) is 14.1. The fourth-order valence-electron chi connectivity index (χ4n) is 2.92. The van der Waals surface area contributed by atoms with Crippen molar-refractivity contribution in [3.63, 3.8) is 0 Å². The van der Waals surface area contributed by atoms with Gasteiger partial charge in [0.05, 0.1) is 11.3 Å². The van der Waals surface area contributed by atoms with Crippen LogP contribution in [0.15, 0.2) is 24.3 Å². The quantitative estimate of drug-likeness (QED) is 0.889. The average Bonchev–Trinajstić information content (AvgIpc) is 2.93. The maximum atomic E-state index is 5.77. The van der Waals surface area contributed by atoms with Crippen LogP contribution < -0.4 is 5.32 Å². The van der Waals surface area contributed by atoms with Gasteiger partial charge in [-0.1, -0.05) is 12.1 Å². The number of imidazole rings is 1. The monoisotopic (exact) mass is 315 g/mol. The third kappa shape index (κ3) is 3.57. The molecule has 1 aromatic heterocycles. The minimum absolute atomic E-state index is 0.133. The molecular weight excluding hydrogens is 290 g/mol. The second-order valence-corrected chi connectivity index (χ2v) is 6.23. The first-order valence-electron chi connectivity index (χ1n) is 8.12. The standard InChI is InChI=1S/C18H25N3O2/c1-13-14(2)21-17(20-13)15-5-4-6-16(11-15)19-12-18(22-3)7-9-23-10-8-18/h4-6,11,19H,7-10,12H2,1-3H3,(H,20,21). The van der Waals surface area contributed by atoms with Gasteiger partial charge in [-0.25, -0.2) is 4.98 Å². The lowest BCUT2D eigenvalue weighted by Crippen LogP contribution is -2.44. The molecule has 2 aromatic rings. The first kappa shape index (κ1) is 16.0. The van der Waals surface area contributed by atoms with E-state index in [1.807, 2.05) is 19.9 Å². The van der Waals surface area contributed by atoms with Gasteiger partial charge in [0.15, 0.2) is 0 Å². The minimum atomic E-state index is -0.133. The molecular formula is C18H25N3O2. The predicted molar refractivity (Wildman–Crippen MR) is 91.8 cm³/mol. The van der Waals surface area contributed by atoms with Crippen molar-refractivity contribution in [1.82, 2.24) is 9.97 Å². The predicted octanol–water partition coefficient (Wildman–Crippen LogP) is 3.30. The van der Waals surface area contributed by atoms with Crippen LogP contribution in [0.25, 0.3) is 11.4 Å². The van der Waals surface area contributed by atoms with Crippen LogP contribution in [0.5, 0.6) is 0 Å². The Balaban J connectivity index is 1.72. The van der Waals surface area contributed by atoms with E-state index in [0.717, 1.165) is 61.1 Å². The van der Waals surface area contributed by atoms with Crippen LogP contribution in [-0.4, -0.2) is 42.4 Å². The van der Waals surface area contributed by atoms with Crippen molar-refractivity contribution in [2.75, 3.05) is 32.2 Å². The number of benzene rings is 1. The molecule has 1 saturated heterocycles. The van der Waals surface area contributed by atoms with Crippen molar-refractivity contribution in [3.05, 3.63) is 35.7 Å². The fourth-order valence-corrected chi connectivity index (χ4v) is 2.92. The number of hydrogen-bond donors (Lipinski definition) is 2. The fraction of sp³-hybridized carbons (Fsp3) is 0.500. The Morgan fingerprint density at radius 2 is 2.09 bits per heavy atom. The summed E-state index contributed by atoms with van der Waals surface area (Å²) < 4.78 is 11.2. The van der Waals surface area contributed by atoms with Gasteiger partial charge in [0, 0.05) is 56.7 Å². The number of aromatic nitrogens is 2. The Morgan fingerprint density at radius 3 is 2.74 bits per heavy atom. The van der Waals surface area contributed by atoms with Gasteiger partial charge >= 0.3 is 0 Å². The van der Waals surface area contributed by atoms with E-state index in [9.17, 15) is 0 Å². The van der Waals surface area contributed by atoms with Crippen molar-refractivity contribution >= 4 is 5.69 Å². The maximum absolute atomic E-state index is 5.77. The Labute approximate surface area is 137 Å². The normalized spacial score (nSPS) is 17.2. The Kier molecular flexibility index (Phi) is 4.68. The van der Waals surface area contributed by atoms with E-state index < -0.39 is 0 Å². The number of aryl methyl sites for hydroxylation is 2. The number of methoxy groups -OCH3 is 1. The van der Waals surface area contributed by atoms with E-state index in [1.165, 1.54) is 0 Å². The van der Waals surface area contributed by atoms with E-state index >= 15 is 0 Å². The number of nitrogens with zero attached hydrogens (tertiary/aromatic N) is 1. The van der Waals surface area contributed by atoms with E-state index in [-0.39, 0.29) is 5.60 Å². The number of anilines is 1. The minimum Gasteiger partial charge on any atom is -0.382 e.